The summed E-state index contributed by atoms with van der Waals surface area (Å²) in [6.07, 6.45) is 0. The van der Waals surface area contributed by atoms with Crippen LogP contribution in [-0.2, 0) is 11.3 Å². The number of hydrogen-bond acceptors (Lipinski definition) is 6. The number of nitrogens with zero attached hydrogens (tertiary/aromatic N) is 4. The quantitative estimate of drug-likeness (QED) is 0.488. The number of rotatable bonds is 8. The van der Waals surface area contributed by atoms with Gasteiger partial charge in [0.15, 0.2) is 5.16 Å². The highest BCUT2D eigenvalue weighted by Gasteiger charge is 2.17. The number of aryl methyl sites for hydroxylation is 1. The minimum atomic E-state index is 0.0546. The van der Waals surface area contributed by atoms with Gasteiger partial charge >= 0.3 is 0 Å². The maximum Gasteiger partial charge on any atom is 0.233 e. The van der Waals surface area contributed by atoms with E-state index >= 15 is 0 Å². The van der Waals surface area contributed by atoms with E-state index in [9.17, 15) is 4.79 Å². The number of benzene rings is 1. The van der Waals surface area contributed by atoms with Crippen LogP contribution < -0.4 is 4.74 Å². The molecule has 3 aromatic rings. The molecule has 0 spiro atoms. The highest BCUT2D eigenvalue weighted by atomic mass is 35.5. The van der Waals surface area contributed by atoms with E-state index in [-0.39, 0.29) is 5.91 Å². The van der Waals surface area contributed by atoms with Crippen molar-refractivity contribution in [1.29, 1.82) is 0 Å². The molecule has 148 valence electrons. The predicted octanol–water partition coefficient (Wildman–Crippen LogP) is 4.44. The van der Waals surface area contributed by atoms with E-state index in [1.807, 2.05) is 59.7 Å². The Kier molecular flexibility index (Phi) is 6.98. The van der Waals surface area contributed by atoms with E-state index in [0.717, 1.165) is 26.5 Å². The number of amides is 1. The average molecular weight is 437 g/mol. The topological polar surface area (TPSA) is 60.2 Å². The fourth-order valence-corrected chi connectivity index (χ4v) is 4.69. The van der Waals surface area contributed by atoms with Crippen molar-refractivity contribution in [3.63, 3.8) is 0 Å². The van der Waals surface area contributed by atoms with Crippen molar-refractivity contribution >= 4 is 40.6 Å². The van der Waals surface area contributed by atoms with E-state index in [4.69, 9.17) is 16.3 Å². The van der Waals surface area contributed by atoms with E-state index in [2.05, 4.69) is 10.2 Å². The number of methoxy groups -OCH3 is 1. The lowest BCUT2D eigenvalue weighted by Gasteiger charge is -2.20. The first-order valence-electron chi connectivity index (χ1n) is 8.73. The average Bonchev–Trinajstić information content (AvgIpc) is 3.29. The molecule has 0 unspecified atom stereocenters. The first-order valence-corrected chi connectivity index (χ1v) is 10.9. The summed E-state index contributed by atoms with van der Waals surface area (Å²) in [6, 6.07) is 11.5. The molecule has 6 nitrogen and oxygen atoms in total. The minimum absolute atomic E-state index is 0.0546. The van der Waals surface area contributed by atoms with Crippen molar-refractivity contribution < 1.29 is 9.53 Å². The van der Waals surface area contributed by atoms with Crippen LogP contribution >= 0.6 is 34.7 Å². The summed E-state index contributed by atoms with van der Waals surface area (Å²) in [7, 11) is 1.63. The standard InChI is InChI=1S/C19H21ClN4O2S2/c1-4-23(11-16-9-10-17(20)28-16)18(25)12-27-19-22-21-13(2)24(19)14-5-7-15(26-3)8-6-14/h5-10H,4,11-12H2,1-3H3. The Morgan fingerprint density at radius 1 is 1.25 bits per heavy atom. The number of hydrogen-bond donors (Lipinski definition) is 0. The lowest BCUT2D eigenvalue weighted by Crippen LogP contribution is -2.31. The summed E-state index contributed by atoms with van der Waals surface area (Å²) in [5.41, 5.74) is 0.929. The van der Waals surface area contributed by atoms with E-state index in [0.29, 0.717) is 24.0 Å². The normalized spacial score (nSPS) is 10.9. The van der Waals surface area contributed by atoms with E-state index in [1.54, 1.807) is 7.11 Å². The van der Waals surface area contributed by atoms with Crippen molar-refractivity contribution in [2.45, 2.75) is 25.5 Å². The second-order valence-electron chi connectivity index (χ2n) is 5.97. The number of carbonyl (C=O) groups is 1. The van der Waals surface area contributed by atoms with Crippen LogP contribution in [0, 0.1) is 6.92 Å². The van der Waals surface area contributed by atoms with Gasteiger partial charge in [-0.3, -0.25) is 9.36 Å². The number of halogens is 1. The van der Waals surface area contributed by atoms with Crippen molar-refractivity contribution in [3.8, 4) is 11.4 Å². The zero-order chi connectivity index (χ0) is 20.1. The highest BCUT2D eigenvalue weighted by Crippen LogP contribution is 2.25. The summed E-state index contributed by atoms with van der Waals surface area (Å²) >= 11 is 8.87. The van der Waals surface area contributed by atoms with Crippen LogP contribution in [0.1, 0.15) is 17.6 Å². The molecule has 2 heterocycles. The van der Waals surface area contributed by atoms with Crippen LogP contribution in [0.3, 0.4) is 0 Å². The molecule has 0 fully saturated rings. The highest BCUT2D eigenvalue weighted by molar-refractivity contribution is 7.99. The molecule has 0 atom stereocenters. The van der Waals surface area contributed by atoms with Gasteiger partial charge in [0.1, 0.15) is 11.6 Å². The summed E-state index contributed by atoms with van der Waals surface area (Å²) in [5, 5.41) is 9.10. The van der Waals surface area contributed by atoms with Crippen molar-refractivity contribution in [2.24, 2.45) is 0 Å². The molecule has 2 aromatic heterocycles. The van der Waals surface area contributed by atoms with Crippen LogP contribution in [0.25, 0.3) is 5.69 Å². The van der Waals surface area contributed by atoms with Crippen LogP contribution in [0.15, 0.2) is 41.6 Å². The van der Waals surface area contributed by atoms with Crippen LogP contribution in [0.2, 0.25) is 4.34 Å². The first kappa shape index (κ1) is 20.7. The molecule has 0 saturated heterocycles. The Morgan fingerprint density at radius 3 is 2.61 bits per heavy atom. The van der Waals surface area contributed by atoms with Gasteiger partial charge in [-0.2, -0.15) is 0 Å². The van der Waals surface area contributed by atoms with Gasteiger partial charge in [0.05, 0.1) is 23.7 Å². The Balaban J connectivity index is 1.69. The fourth-order valence-electron chi connectivity index (χ4n) is 2.68. The predicted molar refractivity (Wildman–Crippen MR) is 114 cm³/mol. The Labute approximate surface area is 177 Å². The molecule has 0 radical (unpaired) electrons. The molecule has 0 saturated carbocycles. The number of aromatic nitrogens is 3. The SMILES string of the molecule is CCN(Cc1ccc(Cl)s1)C(=O)CSc1nnc(C)n1-c1ccc(OC)cc1. The van der Waals surface area contributed by atoms with Crippen molar-refractivity contribution in [2.75, 3.05) is 19.4 Å². The zero-order valence-corrected chi connectivity index (χ0v) is 18.3. The zero-order valence-electron chi connectivity index (χ0n) is 15.9. The molecule has 0 aliphatic rings. The van der Waals surface area contributed by atoms with Crippen molar-refractivity contribution in [3.05, 3.63) is 51.4 Å². The smallest absolute Gasteiger partial charge is 0.233 e. The number of thiophene rings is 1. The van der Waals surface area contributed by atoms with Gasteiger partial charge in [0.2, 0.25) is 5.91 Å². The van der Waals surface area contributed by atoms with Gasteiger partial charge in [-0.1, -0.05) is 23.4 Å². The molecule has 1 amide bonds. The molecule has 0 N–H and O–H groups in total. The molecule has 28 heavy (non-hydrogen) atoms. The second-order valence-corrected chi connectivity index (χ2v) is 8.71. The Bertz CT molecular complexity index is 940. The molecule has 1 aromatic carbocycles. The molecular formula is C19H21ClN4O2S2. The third-order valence-corrected chi connectivity index (χ3v) is 6.29. The molecule has 0 bridgehead atoms. The summed E-state index contributed by atoms with van der Waals surface area (Å²) < 4.78 is 7.88. The third-order valence-electron chi connectivity index (χ3n) is 4.16. The molecular weight excluding hydrogens is 416 g/mol. The fraction of sp³-hybridized carbons (Fsp3) is 0.316. The first-order chi connectivity index (χ1) is 13.5. The maximum atomic E-state index is 12.7. The molecule has 0 aliphatic carbocycles. The lowest BCUT2D eigenvalue weighted by atomic mass is 10.3. The molecule has 3 rings (SSSR count). The number of ether oxygens (including phenoxy) is 1. The number of carbonyl (C=O) groups excluding carboxylic acids is 1. The van der Waals surface area contributed by atoms with Crippen LogP contribution in [0.5, 0.6) is 5.75 Å². The van der Waals surface area contributed by atoms with Crippen molar-refractivity contribution in [1.82, 2.24) is 19.7 Å². The lowest BCUT2D eigenvalue weighted by molar-refractivity contribution is -0.128. The summed E-state index contributed by atoms with van der Waals surface area (Å²) in [4.78, 5) is 15.6. The van der Waals surface area contributed by atoms with Gasteiger partial charge in [-0.25, -0.2) is 0 Å². The maximum absolute atomic E-state index is 12.7. The van der Waals surface area contributed by atoms with Crippen LogP contribution in [-0.4, -0.2) is 45.0 Å². The van der Waals surface area contributed by atoms with E-state index in [1.165, 1.54) is 23.1 Å². The Hall–Kier alpha value is -2.03. The second kappa shape index (κ2) is 9.45. The summed E-state index contributed by atoms with van der Waals surface area (Å²) in [5.74, 6) is 1.90. The number of thioether (sulfide) groups is 1. The largest absolute Gasteiger partial charge is 0.497 e. The van der Waals surface area contributed by atoms with Crippen LogP contribution in [0.4, 0.5) is 0 Å². The van der Waals surface area contributed by atoms with Gasteiger partial charge in [0, 0.05) is 17.1 Å². The van der Waals surface area contributed by atoms with Gasteiger partial charge in [-0.15, -0.1) is 21.5 Å². The minimum Gasteiger partial charge on any atom is -0.497 e. The van der Waals surface area contributed by atoms with Gasteiger partial charge in [0.25, 0.3) is 0 Å². The Morgan fingerprint density at radius 2 is 2.00 bits per heavy atom. The third kappa shape index (κ3) is 4.87. The van der Waals surface area contributed by atoms with E-state index < -0.39 is 0 Å². The molecule has 0 aliphatic heterocycles. The van der Waals surface area contributed by atoms with Gasteiger partial charge in [-0.05, 0) is 50.2 Å². The molecule has 9 heteroatoms. The summed E-state index contributed by atoms with van der Waals surface area (Å²) in [6.45, 7) is 5.07. The monoisotopic (exact) mass is 436 g/mol. The van der Waals surface area contributed by atoms with Gasteiger partial charge < -0.3 is 9.64 Å².